The number of esters is 1. The van der Waals surface area contributed by atoms with Crippen molar-refractivity contribution in [1.82, 2.24) is 0 Å². The summed E-state index contributed by atoms with van der Waals surface area (Å²) >= 11 is 0. The quantitative estimate of drug-likeness (QED) is 0.809. The van der Waals surface area contributed by atoms with Crippen molar-refractivity contribution in [3.63, 3.8) is 0 Å². The molecule has 1 amide bonds. The highest BCUT2D eigenvalue weighted by atomic mass is 16.5. The van der Waals surface area contributed by atoms with E-state index in [0.29, 0.717) is 12.2 Å². The summed E-state index contributed by atoms with van der Waals surface area (Å²) in [7, 11) is 1.33. The minimum Gasteiger partial charge on any atom is -0.467 e. The van der Waals surface area contributed by atoms with Gasteiger partial charge in [0.1, 0.15) is 6.04 Å². The summed E-state index contributed by atoms with van der Waals surface area (Å²) in [5.41, 5.74) is 1.38. The minimum atomic E-state index is -0.518. The average molecular weight is 289 g/mol. The maximum atomic E-state index is 11.7. The normalized spacial score (nSPS) is 11.1. The van der Waals surface area contributed by atoms with Crippen LogP contribution in [0.25, 0.3) is 0 Å². The Morgan fingerprint density at radius 3 is 2.76 bits per heavy atom. The average Bonchev–Trinajstić information content (AvgIpc) is 2.46. The molecule has 0 saturated carbocycles. The molecule has 6 heteroatoms. The number of hydrogen-bond acceptors (Lipinski definition) is 5. The third kappa shape index (κ3) is 4.80. The summed E-state index contributed by atoms with van der Waals surface area (Å²) in [6.07, 6.45) is 0.283. The predicted octanol–water partition coefficient (Wildman–Crippen LogP) is 1.93. The third-order valence-electron chi connectivity index (χ3n) is 2.97. The van der Waals surface area contributed by atoms with Gasteiger partial charge in [-0.1, -0.05) is 6.07 Å². The number of amides is 1. The number of carbonyl (C=O) groups is 2. The van der Waals surface area contributed by atoms with E-state index in [1.165, 1.54) is 14.0 Å². The van der Waals surface area contributed by atoms with Crippen LogP contribution in [0.15, 0.2) is 24.3 Å². The highest BCUT2D eigenvalue weighted by Gasteiger charge is 2.22. The molecule has 0 heterocycles. The van der Waals surface area contributed by atoms with E-state index in [-0.39, 0.29) is 18.3 Å². The first-order chi connectivity index (χ1) is 9.99. The standard InChI is InChI=1S/C15H19N3O3/c1-11(15(20)21-3)18(9-5-8-16)14-7-4-6-13(10-14)17-12(2)19/h4,6-7,10-11H,5,9H2,1-3H3,(H,17,19). The Balaban J connectivity index is 3.05. The number of methoxy groups -OCH3 is 1. The third-order valence-corrected chi connectivity index (χ3v) is 2.97. The summed E-state index contributed by atoms with van der Waals surface area (Å²) in [6.45, 7) is 3.54. The van der Waals surface area contributed by atoms with Crippen molar-refractivity contribution in [1.29, 1.82) is 5.26 Å². The van der Waals surface area contributed by atoms with Gasteiger partial charge in [0.05, 0.1) is 19.6 Å². The number of benzene rings is 1. The van der Waals surface area contributed by atoms with Gasteiger partial charge >= 0.3 is 5.97 Å². The number of nitriles is 1. The fraction of sp³-hybridized carbons (Fsp3) is 0.400. The van der Waals surface area contributed by atoms with E-state index in [9.17, 15) is 9.59 Å². The molecular weight excluding hydrogens is 270 g/mol. The smallest absolute Gasteiger partial charge is 0.328 e. The van der Waals surface area contributed by atoms with Crippen molar-refractivity contribution in [2.45, 2.75) is 26.3 Å². The second-order valence-corrected chi connectivity index (χ2v) is 4.53. The molecule has 0 bridgehead atoms. The number of nitrogens with zero attached hydrogens (tertiary/aromatic N) is 2. The van der Waals surface area contributed by atoms with Crippen LogP contribution in [-0.2, 0) is 14.3 Å². The van der Waals surface area contributed by atoms with Crippen molar-refractivity contribution >= 4 is 23.3 Å². The van der Waals surface area contributed by atoms with Crippen molar-refractivity contribution in [2.75, 3.05) is 23.9 Å². The zero-order chi connectivity index (χ0) is 15.8. The van der Waals surface area contributed by atoms with E-state index in [2.05, 4.69) is 11.4 Å². The second kappa shape index (κ2) is 7.90. The molecular formula is C15H19N3O3. The molecule has 0 saturated heterocycles. The molecule has 1 atom stereocenters. The topological polar surface area (TPSA) is 82.4 Å². The summed E-state index contributed by atoms with van der Waals surface area (Å²) in [6, 6.07) is 8.67. The highest BCUT2D eigenvalue weighted by Crippen LogP contribution is 2.22. The monoisotopic (exact) mass is 289 g/mol. The van der Waals surface area contributed by atoms with Crippen LogP contribution in [0.1, 0.15) is 20.3 Å². The Labute approximate surface area is 124 Å². The molecule has 0 aliphatic rings. The van der Waals surface area contributed by atoms with Crippen LogP contribution in [0.3, 0.4) is 0 Å². The number of rotatable bonds is 6. The highest BCUT2D eigenvalue weighted by molar-refractivity contribution is 5.89. The van der Waals surface area contributed by atoms with Gasteiger partial charge < -0.3 is 15.0 Å². The van der Waals surface area contributed by atoms with Gasteiger partial charge in [0.2, 0.25) is 5.91 Å². The largest absolute Gasteiger partial charge is 0.467 e. The summed E-state index contributed by atoms with van der Waals surface area (Å²) in [5, 5.41) is 11.5. The zero-order valence-corrected chi connectivity index (χ0v) is 12.4. The van der Waals surface area contributed by atoms with Gasteiger partial charge in [-0.25, -0.2) is 4.79 Å². The molecule has 0 aliphatic carbocycles. The molecule has 0 radical (unpaired) electrons. The van der Waals surface area contributed by atoms with Gasteiger partial charge in [0.15, 0.2) is 0 Å². The first kappa shape index (κ1) is 16.5. The van der Waals surface area contributed by atoms with Gasteiger partial charge in [-0.15, -0.1) is 0 Å². The van der Waals surface area contributed by atoms with E-state index in [1.807, 2.05) is 6.07 Å². The Bertz CT molecular complexity index is 551. The molecule has 112 valence electrons. The minimum absolute atomic E-state index is 0.170. The fourth-order valence-electron chi connectivity index (χ4n) is 1.98. The van der Waals surface area contributed by atoms with E-state index in [0.717, 1.165) is 5.69 Å². The first-order valence-corrected chi connectivity index (χ1v) is 6.58. The maximum absolute atomic E-state index is 11.7. The van der Waals surface area contributed by atoms with Crippen molar-refractivity contribution in [2.24, 2.45) is 0 Å². The molecule has 1 rings (SSSR count). The van der Waals surface area contributed by atoms with Crippen molar-refractivity contribution < 1.29 is 14.3 Å². The number of nitrogens with one attached hydrogen (secondary N) is 1. The lowest BCUT2D eigenvalue weighted by atomic mass is 10.2. The number of carbonyl (C=O) groups excluding carboxylic acids is 2. The van der Waals surface area contributed by atoms with Gasteiger partial charge in [0, 0.05) is 24.8 Å². The predicted molar refractivity (Wildman–Crippen MR) is 79.8 cm³/mol. The molecule has 1 N–H and O–H groups in total. The fourth-order valence-corrected chi connectivity index (χ4v) is 1.98. The van der Waals surface area contributed by atoms with Crippen molar-refractivity contribution in [3.05, 3.63) is 24.3 Å². The van der Waals surface area contributed by atoms with Crippen LogP contribution in [0.4, 0.5) is 11.4 Å². The lowest BCUT2D eigenvalue weighted by molar-refractivity contribution is -0.141. The Morgan fingerprint density at radius 2 is 2.19 bits per heavy atom. The molecule has 21 heavy (non-hydrogen) atoms. The molecule has 0 spiro atoms. The number of hydrogen-bond donors (Lipinski definition) is 1. The van der Waals surface area contributed by atoms with Crippen LogP contribution in [0.5, 0.6) is 0 Å². The molecule has 1 unspecified atom stereocenters. The molecule has 0 fully saturated rings. The Kier molecular flexibility index (Phi) is 6.21. The first-order valence-electron chi connectivity index (χ1n) is 6.58. The van der Waals surface area contributed by atoms with E-state index < -0.39 is 6.04 Å². The summed E-state index contributed by atoms with van der Waals surface area (Å²) < 4.78 is 4.76. The van der Waals surface area contributed by atoms with Gasteiger partial charge in [-0.3, -0.25) is 4.79 Å². The van der Waals surface area contributed by atoms with E-state index in [1.54, 1.807) is 30.0 Å². The SMILES string of the molecule is COC(=O)C(C)N(CCC#N)c1cccc(NC(C)=O)c1. The van der Waals surface area contributed by atoms with Crippen LogP contribution in [0.2, 0.25) is 0 Å². The molecule has 1 aromatic rings. The maximum Gasteiger partial charge on any atom is 0.328 e. The molecule has 6 nitrogen and oxygen atoms in total. The summed E-state index contributed by atoms with van der Waals surface area (Å²) in [5.74, 6) is -0.547. The van der Waals surface area contributed by atoms with Crippen LogP contribution < -0.4 is 10.2 Å². The molecule has 0 aliphatic heterocycles. The van der Waals surface area contributed by atoms with Gasteiger partial charge in [0.25, 0.3) is 0 Å². The molecule has 0 aromatic heterocycles. The number of anilines is 2. The zero-order valence-electron chi connectivity index (χ0n) is 12.4. The Morgan fingerprint density at radius 1 is 1.48 bits per heavy atom. The summed E-state index contributed by atoms with van der Waals surface area (Å²) in [4.78, 5) is 24.6. The van der Waals surface area contributed by atoms with Crippen LogP contribution >= 0.6 is 0 Å². The van der Waals surface area contributed by atoms with Gasteiger partial charge in [-0.2, -0.15) is 5.26 Å². The van der Waals surface area contributed by atoms with Crippen molar-refractivity contribution in [3.8, 4) is 6.07 Å². The molecule has 1 aromatic carbocycles. The lowest BCUT2D eigenvalue weighted by Gasteiger charge is -2.29. The van der Waals surface area contributed by atoms with Gasteiger partial charge in [-0.05, 0) is 25.1 Å². The Hall–Kier alpha value is -2.55. The second-order valence-electron chi connectivity index (χ2n) is 4.53. The number of ether oxygens (including phenoxy) is 1. The van der Waals surface area contributed by atoms with Crippen LogP contribution in [-0.4, -0.2) is 31.6 Å². The van der Waals surface area contributed by atoms with E-state index in [4.69, 9.17) is 10.00 Å². The van der Waals surface area contributed by atoms with Crippen LogP contribution in [0, 0.1) is 11.3 Å². The lowest BCUT2D eigenvalue weighted by Crippen LogP contribution is -2.40. The van der Waals surface area contributed by atoms with E-state index >= 15 is 0 Å².